The van der Waals surface area contributed by atoms with E-state index in [1.54, 1.807) is 11.3 Å². The second kappa shape index (κ2) is 14.3. The maximum absolute atomic E-state index is 11.4. The first-order valence-corrected chi connectivity index (χ1v) is 18.7. The number of phenols is 1. The van der Waals surface area contributed by atoms with E-state index in [1.165, 1.54) is 4.88 Å². The molecule has 0 radical (unpaired) electrons. The molecule has 4 aromatic heterocycles. The summed E-state index contributed by atoms with van der Waals surface area (Å²) in [6.07, 6.45) is 0. The van der Waals surface area contributed by atoms with Crippen LogP contribution in [-0.2, 0) is 21.1 Å². The van der Waals surface area contributed by atoms with Crippen LogP contribution in [0.3, 0.4) is 0 Å². The van der Waals surface area contributed by atoms with Crippen molar-refractivity contribution < 1.29 is 30.6 Å². The summed E-state index contributed by atoms with van der Waals surface area (Å²) in [6, 6.07) is 59.3. The molecule has 0 fully saturated rings. The van der Waals surface area contributed by atoms with Gasteiger partial charge in [-0.15, -0.1) is 35.6 Å². The first kappa shape index (κ1) is 34.6. The van der Waals surface area contributed by atoms with Gasteiger partial charge in [-0.1, -0.05) is 108 Å². The van der Waals surface area contributed by atoms with Gasteiger partial charge in [-0.2, -0.15) is 0 Å². The molecule has 0 saturated heterocycles. The standard InChI is InChI=1S/C49H31N2O2S.Pt/c1-30-24-37(48-23-22-47(54-48)35-19-20-40-39-16-7-8-17-45(39)53-46(40)29-35)28-42(50-30)33-13-9-14-34(25-33)43-26-36(31-10-3-2-4-11-31)27-44(51-43)41-21-18-32-12-5-6-15-38(32)49(41)52;/h2-24,26-29,52H,1H3;/q-1;. The molecule has 55 heavy (non-hydrogen) atoms. The number of aryl methyl sites for hydroxylation is 1. The molecule has 266 valence electrons. The smallest absolute Gasteiger partial charge is 0.136 e. The minimum Gasteiger partial charge on any atom is -0.507 e. The number of fused-ring (bicyclic) bond motifs is 4. The van der Waals surface area contributed by atoms with E-state index >= 15 is 0 Å². The van der Waals surface area contributed by atoms with Gasteiger partial charge in [-0.3, -0.25) is 9.97 Å². The summed E-state index contributed by atoms with van der Waals surface area (Å²) in [7, 11) is 0. The summed E-state index contributed by atoms with van der Waals surface area (Å²) in [5.74, 6) is 0.220. The van der Waals surface area contributed by atoms with Gasteiger partial charge in [0.15, 0.2) is 0 Å². The molecule has 10 rings (SSSR count). The molecular weight excluding hydrogens is 876 g/mol. The average Bonchev–Trinajstić information content (AvgIpc) is 3.87. The molecule has 0 spiro atoms. The first-order valence-electron chi connectivity index (χ1n) is 17.9. The van der Waals surface area contributed by atoms with Gasteiger partial charge in [0.1, 0.15) is 16.9 Å². The van der Waals surface area contributed by atoms with Gasteiger partial charge in [0, 0.05) is 69.6 Å². The Balaban J connectivity index is 0.00000397. The molecule has 0 amide bonds. The van der Waals surface area contributed by atoms with Crippen LogP contribution in [0.15, 0.2) is 168 Å². The van der Waals surface area contributed by atoms with Crippen molar-refractivity contribution in [1.29, 1.82) is 0 Å². The van der Waals surface area contributed by atoms with Crippen LogP contribution >= 0.6 is 11.3 Å². The monoisotopic (exact) mass is 906 g/mol. The fraction of sp³-hybridized carbons (Fsp3) is 0.0204. The van der Waals surface area contributed by atoms with E-state index in [1.807, 2.05) is 97.9 Å². The van der Waals surface area contributed by atoms with Crippen LogP contribution in [0.4, 0.5) is 0 Å². The van der Waals surface area contributed by atoms with Crippen LogP contribution in [0, 0.1) is 13.0 Å². The summed E-state index contributed by atoms with van der Waals surface area (Å²) in [5.41, 5.74) is 11.7. The largest absolute Gasteiger partial charge is 0.507 e. The zero-order valence-corrected chi connectivity index (χ0v) is 32.7. The summed E-state index contributed by atoms with van der Waals surface area (Å²) < 4.78 is 6.18. The Morgan fingerprint density at radius 1 is 0.509 bits per heavy atom. The number of hydrogen-bond donors (Lipinski definition) is 1. The van der Waals surface area contributed by atoms with Gasteiger partial charge in [-0.05, 0) is 83.1 Å². The molecule has 1 N–H and O–H groups in total. The molecule has 0 aliphatic heterocycles. The number of pyridine rings is 2. The number of benzene rings is 6. The second-order valence-electron chi connectivity index (χ2n) is 13.5. The number of nitrogens with zero attached hydrogens (tertiary/aromatic N) is 2. The molecule has 4 heterocycles. The zero-order valence-electron chi connectivity index (χ0n) is 29.6. The van der Waals surface area contributed by atoms with E-state index in [0.717, 1.165) is 88.1 Å². The van der Waals surface area contributed by atoms with Crippen LogP contribution in [0.1, 0.15) is 5.69 Å². The number of aromatic hydroxyl groups is 1. The fourth-order valence-corrected chi connectivity index (χ4v) is 8.30. The van der Waals surface area contributed by atoms with Crippen molar-refractivity contribution >= 4 is 44.0 Å². The summed E-state index contributed by atoms with van der Waals surface area (Å²) in [4.78, 5) is 12.4. The number of para-hydroxylation sites is 1. The quantitative estimate of drug-likeness (QED) is 0.169. The summed E-state index contributed by atoms with van der Waals surface area (Å²) in [5, 5.41) is 15.5. The van der Waals surface area contributed by atoms with Crippen LogP contribution in [-0.4, -0.2) is 15.1 Å². The van der Waals surface area contributed by atoms with Crippen molar-refractivity contribution in [1.82, 2.24) is 9.97 Å². The van der Waals surface area contributed by atoms with Crippen LogP contribution in [0.5, 0.6) is 5.75 Å². The van der Waals surface area contributed by atoms with Crippen molar-refractivity contribution in [2.45, 2.75) is 6.92 Å². The second-order valence-corrected chi connectivity index (χ2v) is 14.6. The molecule has 0 saturated carbocycles. The number of furan rings is 1. The van der Waals surface area contributed by atoms with Crippen molar-refractivity contribution in [3.05, 3.63) is 176 Å². The van der Waals surface area contributed by atoms with Crippen molar-refractivity contribution in [3.63, 3.8) is 0 Å². The number of thiophene rings is 1. The Morgan fingerprint density at radius 3 is 2.02 bits per heavy atom. The third kappa shape index (κ3) is 6.46. The predicted molar refractivity (Wildman–Crippen MR) is 223 cm³/mol. The zero-order chi connectivity index (χ0) is 36.2. The van der Waals surface area contributed by atoms with Gasteiger partial charge >= 0.3 is 0 Å². The number of phenolic OH excluding ortho intramolecular Hbond substituents is 1. The van der Waals surface area contributed by atoms with Gasteiger partial charge in [0.25, 0.3) is 0 Å². The molecule has 0 atom stereocenters. The van der Waals surface area contributed by atoms with Crippen molar-refractivity contribution in [2.24, 2.45) is 0 Å². The topological polar surface area (TPSA) is 59.2 Å². The molecule has 0 aliphatic rings. The van der Waals surface area contributed by atoms with Crippen LogP contribution in [0.2, 0.25) is 0 Å². The average molecular weight is 907 g/mol. The van der Waals surface area contributed by atoms with E-state index in [0.29, 0.717) is 11.3 Å². The molecule has 4 nitrogen and oxygen atoms in total. The molecule has 0 unspecified atom stereocenters. The minimum absolute atomic E-state index is 0. The van der Waals surface area contributed by atoms with Crippen LogP contribution < -0.4 is 0 Å². The van der Waals surface area contributed by atoms with E-state index in [2.05, 4.69) is 78.9 Å². The van der Waals surface area contributed by atoms with Gasteiger partial charge in [-0.25, -0.2) is 0 Å². The Morgan fingerprint density at radius 2 is 1.18 bits per heavy atom. The van der Waals surface area contributed by atoms with Gasteiger partial charge in [0.05, 0.1) is 5.69 Å². The number of aromatic nitrogens is 2. The van der Waals surface area contributed by atoms with Gasteiger partial charge in [0.2, 0.25) is 0 Å². The van der Waals surface area contributed by atoms with Crippen LogP contribution in [0.25, 0.3) is 98.5 Å². The SMILES string of the molecule is Cc1cc(-c2ccc(-c3ccc4c(c3)oc3ccccc34)s2)cc(-c2[c-]c(-c3cc(-c4ccccc4)cc(-c4ccc5ccccc5c4O)n3)ccc2)n1.[Pt]. The normalized spacial score (nSPS) is 11.3. The summed E-state index contributed by atoms with van der Waals surface area (Å²) in [6.45, 7) is 2.04. The Labute approximate surface area is 336 Å². The maximum Gasteiger partial charge on any atom is 0.136 e. The number of hydrogen-bond acceptors (Lipinski definition) is 5. The fourth-order valence-electron chi connectivity index (χ4n) is 7.31. The van der Waals surface area contributed by atoms with E-state index in [9.17, 15) is 5.11 Å². The molecule has 6 aromatic carbocycles. The Bertz CT molecular complexity index is 3040. The van der Waals surface area contributed by atoms with E-state index < -0.39 is 0 Å². The molecule has 0 aliphatic carbocycles. The maximum atomic E-state index is 11.4. The summed E-state index contributed by atoms with van der Waals surface area (Å²) >= 11 is 1.76. The first-order chi connectivity index (χ1) is 26.5. The molecule has 6 heteroatoms. The van der Waals surface area contributed by atoms with E-state index in [-0.39, 0.29) is 26.8 Å². The molecule has 0 bridgehead atoms. The van der Waals surface area contributed by atoms with Crippen molar-refractivity contribution in [2.75, 3.05) is 0 Å². The third-order valence-electron chi connectivity index (χ3n) is 9.96. The Kier molecular flexibility index (Phi) is 8.98. The minimum atomic E-state index is 0. The third-order valence-corrected chi connectivity index (χ3v) is 11.1. The Hall–Kier alpha value is -6.13. The predicted octanol–water partition coefficient (Wildman–Crippen LogP) is 13.4. The van der Waals surface area contributed by atoms with Gasteiger partial charge < -0.3 is 9.52 Å². The van der Waals surface area contributed by atoms with Crippen molar-refractivity contribution in [3.8, 4) is 71.5 Å². The van der Waals surface area contributed by atoms with E-state index in [4.69, 9.17) is 14.4 Å². The number of rotatable bonds is 6. The molecular formula is C49H31N2O2PtS-. The molecule has 10 aromatic rings.